The summed E-state index contributed by atoms with van der Waals surface area (Å²) in [6, 6.07) is 5.41. The van der Waals surface area contributed by atoms with Crippen LogP contribution in [0.5, 0.6) is 0 Å². The standard InChI is InChI=1S/C14H17ClN4O2/c15-9-1-2-11-12(5-9)19-13(18-11)6-14(20)17-8-10-7-16-3-4-21-10/h1-2,5,10,16H,3-4,6-8H2,(H,17,20)(H,18,19). The largest absolute Gasteiger partial charge is 0.374 e. The molecule has 112 valence electrons. The minimum absolute atomic E-state index is 0.0391. The van der Waals surface area contributed by atoms with Crippen LogP contribution in [-0.4, -0.2) is 48.2 Å². The van der Waals surface area contributed by atoms with Crippen LogP contribution in [0.15, 0.2) is 18.2 Å². The molecule has 0 radical (unpaired) electrons. The maximum Gasteiger partial charge on any atom is 0.227 e. The van der Waals surface area contributed by atoms with E-state index in [0.29, 0.717) is 24.0 Å². The van der Waals surface area contributed by atoms with Crippen molar-refractivity contribution >= 4 is 28.5 Å². The summed E-state index contributed by atoms with van der Waals surface area (Å²) in [5.74, 6) is 0.557. The number of morpholine rings is 1. The van der Waals surface area contributed by atoms with Crippen LogP contribution in [0.3, 0.4) is 0 Å². The average Bonchev–Trinajstić information content (AvgIpc) is 2.87. The summed E-state index contributed by atoms with van der Waals surface area (Å²) >= 11 is 5.92. The molecule has 6 nitrogen and oxygen atoms in total. The van der Waals surface area contributed by atoms with E-state index in [1.165, 1.54) is 0 Å². The highest BCUT2D eigenvalue weighted by Crippen LogP contribution is 2.17. The van der Waals surface area contributed by atoms with Gasteiger partial charge in [0.15, 0.2) is 0 Å². The second-order valence-corrected chi connectivity index (χ2v) is 5.46. The van der Waals surface area contributed by atoms with Gasteiger partial charge in [0, 0.05) is 24.7 Å². The third kappa shape index (κ3) is 3.72. The molecule has 0 aliphatic carbocycles. The first-order valence-electron chi connectivity index (χ1n) is 6.94. The van der Waals surface area contributed by atoms with Gasteiger partial charge in [0.1, 0.15) is 5.82 Å². The average molecular weight is 309 g/mol. The fourth-order valence-corrected chi connectivity index (χ4v) is 2.48. The van der Waals surface area contributed by atoms with E-state index in [-0.39, 0.29) is 18.4 Å². The Labute approximate surface area is 127 Å². The van der Waals surface area contributed by atoms with Gasteiger partial charge in [-0.1, -0.05) is 11.6 Å². The summed E-state index contributed by atoms with van der Waals surface area (Å²) in [7, 11) is 0. The molecule has 1 unspecified atom stereocenters. The van der Waals surface area contributed by atoms with Gasteiger partial charge in [0.25, 0.3) is 0 Å². The number of carbonyl (C=O) groups is 1. The number of imidazole rings is 1. The number of nitrogens with one attached hydrogen (secondary N) is 3. The Bertz CT molecular complexity index is 637. The number of ether oxygens (including phenoxy) is 1. The van der Waals surface area contributed by atoms with Gasteiger partial charge >= 0.3 is 0 Å². The number of hydrogen-bond donors (Lipinski definition) is 3. The summed E-state index contributed by atoms with van der Waals surface area (Å²) in [6.45, 7) is 2.83. The molecule has 2 aromatic rings. The molecule has 0 saturated carbocycles. The van der Waals surface area contributed by atoms with E-state index < -0.39 is 0 Å². The van der Waals surface area contributed by atoms with Crippen LogP contribution >= 0.6 is 11.6 Å². The molecule has 1 atom stereocenters. The maximum absolute atomic E-state index is 11.9. The number of H-pyrrole nitrogens is 1. The van der Waals surface area contributed by atoms with Crippen molar-refractivity contribution in [3.63, 3.8) is 0 Å². The molecule has 0 bridgehead atoms. The fraction of sp³-hybridized carbons (Fsp3) is 0.429. The van der Waals surface area contributed by atoms with Crippen LogP contribution in [-0.2, 0) is 16.0 Å². The Morgan fingerprint density at radius 1 is 1.52 bits per heavy atom. The van der Waals surface area contributed by atoms with E-state index in [2.05, 4.69) is 20.6 Å². The zero-order valence-corrected chi connectivity index (χ0v) is 12.2. The Morgan fingerprint density at radius 2 is 2.43 bits per heavy atom. The quantitative estimate of drug-likeness (QED) is 0.783. The molecule has 3 N–H and O–H groups in total. The molecule has 1 aromatic heterocycles. The number of fused-ring (bicyclic) bond motifs is 1. The molecule has 1 aliphatic rings. The fourth-order valence-electron chi connectivity index (χ4n) is 2.31. The summed E-state index contributed by atoms with van der Waals surface area (Å²) < 4.78 is 5.52. The van der Waals surface area contributed by atoms with Crippen LogP contribution in [0.1, 0.15) is 5.82 Å². The molecular formula is C14H17ClN4O2. The van der Waals surface area contributed by atoms with E-state index >= 15 is 0 Å². The van der Waals surface area contributed by atoms with E-state index in [1.807, 2.05) is 6.07 Å². The number of carbonyl (C=O) groups excluding carboxylic acids is 1. The third-order valence-electron chi connectivity index (χ3n) is 3.35. The first-order valence-corrected chi connectivity index (χ1v) is 7.31. The number of aromatic nitrogens is 2. The van der Waals surface area contributed by atoms with Gasteiger partial charge in [-0.3, -0.25) is 4.79 Å². The number of aromatic amines is 1. The van der Waals surface area contributed by atoms with Gasteiger partial charge in [-0.2, -0.15) is 0 Å². The first kappa shape index (κ1) is 14.3. The molecule has 2 heterocycles. The maximum atomic E-state index is 11.9. The van der Waals surface area contributed by atoms with Crippen molar-refractivity contribution in [1.82, 2.24) is 20.6 Å². The number of amides is 1. The summed E-state index contributed by atoms with van der Waals surface area (Å²) in [5.41, 5.74) is 1.65. The number of nitrogens with zero attached hydrogens (tertiary/aromatic N) is 1. The molecule has 1 saturated heterocycles. The monoisotopic (exact) mass is 308 g/mol. The van der Waals surface area contributed by atoms with Gasteiger partial charge < -0.3 is 20.4 Å². The highest BCUT2D eigenvalue weighted by atomic mass is 35.5. The van der Waals surface area contributed by atoms with E-state index in [0.717, 1.165) is 24.1 Å². The molecule has 3 rings (SSSR count). The molecule has 7 heteroatoms. The molecule has 0 spiro atoms. The molecular weight excluding hydrogens is 292 g/mol. The topological polar surface area (TPSA) is 79.0 Å². The zero-order chi connectivity index (χ0) is 14.7. The minimum Gasteiger partial charge on any atom is -0.374 e. The van der Waals surface area contributed by atoms with Crippen LogP contribution in [0.25, 0.3) is 11.0 Å². The molecule has 1 aromatic carbocycles. The van der Waals surface area contributed by atoms with Crippen molar-refractivity contribution < 1.29 is 9.53 Å². The highest BCUT2D eigenvalue weighted by molar-refractivity contribution is 6.31. The number of benzene rings is 1. The zero-order valence-electron chi connectivity index (χ0n) is 11.5. The number of hydrogen-bond acceptors (Lipinski definition) is 4. The Balaban J connectivity index is 1.55. The molecule has 1 fully saturated rings. The summed E-state index contributed by atoms with van der Waals surface area (Å²) in [5, 5.41) is 6.73. The van der Waals surface area contributed by atoms with Crippen molar-refractivity contribution in [2.45, 2.75) is 12.5 Å². The highest BCUT2D eigenvalue weighted by Gasteiger charge is 2.15. The number of rotatable bonds is 4. The minimum atomic E-state index is -0.0747. The van der Waals surface area contributed by atoms with Gasteiger partial charge in [-0.15, -0.1) is 0 Å². The van der Waals surface area contributed by atoms with Crippen molar-refractivity contribution in [3.8, 4) is 0 Å². The molecule has 21 heavy (non-hydrogen) atoms. The Morgan fingerprint density at radius 3 is 3.24 bits per heavy atom. The smallest absolute Gasteiger partial charge is 0.227 e. The van der Waals surface area contributed by atoms with E-state index in [1.54, 1.807) is 12.1 Å². The van der Waals surface area contributed by atoms with Crippen LogP contribution in [0, 0.1) is 0 Å². The lowest BCUT2D eigenvalue weighted by Crippen LogP contribution is -2.45. The second kappa shape index (κ2) is 6.43. The lowest BCUT2D eigenvalue weighted by atomic mass is 10.3. The summed E-state index contributed by atoms with van der Waals surface area (Å²) in [6.07, 6.45) is 0.254. The van der Waals surface area contributed by atoms with Gasteiger partial charge in [0.2, 0.25) is 5.91 Å². The Kier molecular flexibility index (Phi) is 4.38. The van der Waals surface area contributed by atoms with Crippen molar-refractivity contribution in [2.75, 3.05) is 26.2 Å². The molecule has 1 amide bonds. The normalized spacial score (nSPS) is 18.8. The van der Waals surface area contributed by atoms with E-state index in [9.17, 15) is 4.79 Å². The number of halogens is 1. The van der Waals surface area contributed by atoms with Crippen LogP contribution in [0.2, 0.25) is 5.02 Å². The van der Waals surface area contributed by atoms with Crippen LogP contribution < -0.4 is 10.6 Å². The van der Waals surface area contributed by atoms with Crippen molar-refractivity contribution in [2.24, 2.45) is 0 Å². The summed E-state index contributed by atoms with van der Waals surface area (Å²) in [4.78, 5) is 19.4. The lowest BCUT2D eigenvalue weighted by Gasteiger charge is -2.23. The van der Waals surface area contributed by atoms with Gasteiger partial charge in [-0.25, -0.2) is 4.98 Å². The van der Waals surface area contributed by atoms with Crippen LogP contribution in [0.4, 0.5) is 0 Å². The predicted molar refractivity (Wildman–Crippen MR) is 80.4 cm³/mol. The molecule has 1 aliphatic heterocycles. The SMILES string of the molecule is O=C(Cc1nc2ccc(Cl)cc2[nH]1)NCC1CNCCO1. The second-order valence-electron chi connectivity index (χ2n) is 5.02. The van der Waals surface area contributed by atoms with Crippen molar-refractivity contribution in [1.29, 1.82) is 0 Å². The van der Waals surface area contributed by atoms with E-state index in [4.69, 9.17) is 16.3 Å². The predicted octanol–water partition coefficient (Wildman–Crippen LogP) is 0.863. The van der Waals surface area contributed by atoms with Crippen molar-refractivity contribution in [3.05, 3.63) is 29.0 Å². The van der Waals surface area contributed by atoms with Gasteiger partial charge in [0.05, 0.1) is 30.2 Å². The Hall–Kier alpha value is -1.63. The van der Waals surface area contributed by atoms with Gasteiger partial charge in [-0.05, 0) is 18.2 Å². The first-order chi connectivity index (χ1) is 10.2. The lowest BCUT2D eigenvalue weighted by molar-refractivity contribution is -0.121. The third-order valence-corrected chi connectivity index (χ3v) is 3.59.